The molecule has 0 aromatic heterocycles. The summed E-state index contributed by atoms with van der Waals surface area (Å²) in [7, 11) is 0. The van der Waals surface area contributed by atoms with Crippen LogP contribution >= 0.6 is 23.5 Å². The molecule has 4 rings (SSSR count). The third kappa shape index (κ3) is 3.64. The fourth-order valence-corrected chi connectivity index (χ4v) is 4.91. The number of thioether (sulfide) groups is 2. The zero-order valence-corrected chi connectivity index (χ0v) is 16.3. The maximum Gasteiger partial charge on any atom is 0.201 e. The average Bonchev–Trinajstić information content (AvgIpc) is 2.71. The number of ketones is 2. The predicted octanol–water partition coefficient (Wildman–Crippen LogP) is 6.17. The number of carbonyl (C=O) groups excluding carboxylic acids is 2. The van der Waals surface area contributed by atoms with Gasteiger partial charge in [-0.2, -0.15) is 0 Å². The minimum atomic E-state index is -0.0892. The van der Waals surface area contributed by atoms with Gasteiger partial charge in [-0.3, -0.25) is 9.59 Å². The molecular weight excluding hydrogens is 372 g/mol. The second-order valence-electron chi connectivity index (χ2n) is 6.19. The van der Waals surface area contributed by atoms with E-state index in [1.54, 1.807) is 24.3 Å². The Kier molecular flexibility index (Phi) is 5.01. The Morgan fingerprint density at radius 3 is 1.52 bits per heavy atom. The van der Waals surface area contributed by atoms with E-state index in [1.807, 2.05) is 61.5 Å². The summed E-state index contributed by atoms with van der Waals surface area (Å²) < 4.78 is 0. The second-order valence-corrected chi connectivity index (χ2v) is 8.36. The molecule has 0 fully saturated rings. The molecular formula is C23H16O2S2. The molecule has 3 aromatic rings. The first-order valence-corrected chi connectivity index (χ1v) is 10.2. The highest BCUT2D eigenvalue weighted by atomic mass is 32.2. The maximum atomic E-state index is 13.2. The molecule has 0 radical (unpaired) electrons. The van der Waals surface area contributed by atoms with Crippen LogP contribution in [0.4, 0.5) is 0 Å². The smallest absolute Gasteiger partial charge is 0.201 e. The standard InChI is InChI=1S/C23H16O2S2/c1-15-11-13-17(14-12-15)27-23-21(25)19-10-6-5-9-18(19)20(24)22(23)26-16-7-3-2-4-8-16/h2-14H,1H3. The molecule has 0 N–H and O–H groups in total. The van der Waals surface area contributed by atoms with Gasteiger partial charge in [-0.25, -0.2) is 0 Å². The van der Waals surface area contributed by atoms with Crippen LogP contribution in [0.25, 0.3) is 0 Å². The van der Waals surface area contributed by atoms with E-state index in [1.165, 1.54) is 23.5 Å². The third-order valence-electron chi connectivity index (χ3n) is 4.24. The van der Waals surface area contributed by atoms with Crippen molar-refractivity contribution in [2.24, 2.45) is 0 Å². The van der Waals surface area contributed by atoms with Crippen molar-refractivity contribution in [3.05, 3.63) is 105 Å². The van der Waals surface area contributed by atoms with Crippen LogP contribution in [0.3, 0.4) is 0 Å². The van der Waals surface area contributed by atoms with Gasteiger partial charge in [-0.05, 0) is 31.2 Å². The fraction of sp³-hybridized carbons (Fsp3) is 0.0435. The van der Waals surface area contributed by atoms with Gasteiger partial charge in [0.2, 0.25) is 11.6 Å². The van der Waals surface area contributed by atoms with Crippen LogP contribution in [-0.2, 0) is 0 Å². The highest BCUT2D eigenvalue weighted by Crippen LogP contribution is 2.43. The quantitative estimate of drug-likeness (QED) is 0.535. The van der Waals surface area contributed by atoms with Crippen molar-refractivity contribution in [1.29, 1.82) is 0 Å². The van der Waals surface area contributed by atoms with Crippen LogP contribution in [-0.4, -0.2) is 11.6 Å². The molecule has 4 heteroatoms. The normalized spacial score (nSPS) is 13.7. The molecule has 1 aliphatic rings. The van der Waals surface area contributed by atoms with E-state index in [0.717, 1.165) is 15.4 Å². The lowest BCUT2D eigenvalue weighted by molar-refractivity contribution is 0.0988. The molecule has 0 bridgehead atoms. The summed E-state index contributed by atoms with van der Waals surface area (Å²) in [6, 6.07) is 24.7. The summed E-state index contributed by atoms with van der Waals surface area (Å²) in [6.45, 7) is 2.02. The van der Waals surface area contributed by atoms with Gasteiger partial charge in [-0.15, -0.1) is 0 Å². The van der Waals surface area contributed by atoms with Gasteiger partial charge < -0.3 is 0 Å². The van der Waals surface area contributed by atoms with Crippen molar-refractivity contribution in [3.63, 3.8) is 0 Å². The Balaban J connectivity index is 1.81. The number of fused-ring (bicyclic) bond motifs is 1. The zero-order valence-electron chi connectivity index (χ0n) is 14.6. The summed E-state index contributed by atoms with van der Waals surface area (Å²) in [5.74, 6) is -0.178. The topological polar surface area (TPSA) is 34.1 Å². The summed E-state index contributed by atoms with van der Waals surface area (Å²) >= 11 is 2.72. The van der Waals surface area contributed by atoms with Gasteiger partial charge in [0, 0.05) is 20.9 Å². The Morgan fingerprint density at radius 2 is 1.00 bits per heavy atom. The van der Waals surface area contributed by atoms with Gasteiger partial charge in [0.15, 0.2) is 0 Å². The monoisotopic (exact) mass is 388 g/mol. The van der Waals surface area contributed by atoms with E-state index in [9.17, 15) is 9.59 Å². The van der Waals surface area contributed by atoms with Crippen LogP contribution in [0.5, 0.6) is 0 Å². The lowest BCUT2D eigenvalue weighted by Crippen LogP contribution is -2.19. The van der Waals surface area contributed by atoms with Gasteiger partial charge in [0.1, 0.15) is 0 Å². The molecule has 2 nitrogen and oxygen atoms in total. The molecule has 27 heavy (non-hydrogen) atoms. The number of benzene rings is 3. The molecule has 1 aliphatic carbocycles. The maximum absolute atomic E-state index is 13.2. The zero-order chi connectivity index (χ0) is 18.8. The Labute approximate surface area is 166 Å². The summed E-state index contributed by atoms with van der Waals surface area (Å²) in [5, 5.41) is 0. The molecule has 0 amide bonds. The molecule has 132 valence electrons. The number of hydrogen-bond donors (Lipinski definition) is 0. The Morgan fingerprint density at radius 1 is 0.556 bits per heavy atom. The second kappa shape index (κ2) is 7.59. The minimum Gasteiger partial charge on any atom is -0.288 e. The minimum absolute atomic E-state index is 0.0887. The van der Waals surface area contributed by atoms with Gasteiger partial charge in [0.05, 0.1) is 9.81 Å². The molecule has 0 aliphatic heterocycles. The molecule has 0 spiro atoms. The van der Waals surface area contributed by atoms with Crippen LogP contribution in [0.15, 0.2) is 98.5 Å². The highest BCUT2D eigenvalue weighted by Gasteiger charge is 2.33. The van der Waals surface area contributed by atoms with Crippen molar-refractivity contribution < 1.29 is 9.59 Å². The van der Waals surface area contributed by atoms with Crippen LogP contribution < -0.4 is 0 Å². The molecule has 0 heterocycles. The number of rotatable bonds is 4. The lowest BCUT2D eigenvalue weighted by Gasteiger charge is -2.20. The first kappa shape index (κ1) is 17.8. The van der Waals surface area contributed by atoms with Crippen LogP contribution in [0.2, 0.25) is 0 Å². The largest absolute Gasteiger partial charge is 0.288 e. The SMILES string of the molecule is Cc1ccc(SC2=C(Sc3ccccc3)C(=O)c3ccccc3C2=O)cc1. The first-order valence-electron chi connectivity index (χ1n) is 8.53. The molecule has 3 aromatic carbocycles. The van der Waals surface area contributed by atoms with Gasteiger partial charge >= 0.3 is 0 Å². The average molecular weight is 389 g/mol. The third-order valence-corrected chi connectivity index (χ3v) is 6.57. The molecule has 0 unspecified atom stereocenters. The van der Waals surface area contributed by atoms with Crippen molar-refractivity contribution in [2.75, 3.05) is 0 Å². The van der Waals surface area contributed by atoms with E-state index in [0.29, 0.717) is 20.9 Å². The molecule has 0 saturated heterocycles. The Bertz CT molecular complexity index is 1050. The number of allylic oxidation sites excluding steroid dienone is 2. The summed E-state index contributed by atoms with van der Waals surface area (Å²) in [6.07, 6.45) is 0. The van der Waals surface area contributed by atoms with Gasteiger partial charge in [0.25, 0.3) is 0 Å². The number of Topliss-reactive ketones (excluding diaryl/α,β-unsaturated/α-hetero) is 2. The number of aryl methyl sites for hydroxylation is 1. The van der Waals surface area contributed by atoms with Crippen molar-refractivity contribution in [1.82, 2.24) is 0 Å². The van der Waals surface area contributed by atoms with Crippen LogP contribution in [0, 0.1) is 6.92 Å². The predicted molar refractivity (Wildman–Crippen MR) is 111 cm³/mol. The van der Waals surface area contributed by atoms with E-state index in [2.05, 4.69) is 0 Å². The van der Waals surface area contributed by atoms with E-state index < -0.39 is 0 Å². The van der Waals surface area contributed by atoms with E-state index >= 15 is 0 Å². The summed E-state index contributed by atoms with van der Waals surface area (Å²) in [5.41, 5.74) is 2.12. The van der Waals surface area contributed by atoms with Crippen LogP contribution in [0.1, 0.15) is 26.3 Å². The van der Waals surface area contributed by atoms with Crippen molar-refractivity contribution in [3.8, 4) is 0 Å². The van der Waals surface area contributed by atoms with Crippen molar-refractivity contribution >= 4 is 35.1 Å². The summed E-state index contributed by atoms with van der Waals surface area (Å²) in [4.78, 5) is 29.2. The Hall–Kier alpha value is -2.56. The number of hydrogen-bond acceptors (Lipinski definition) is 4. The van der Waals surface area contributed by atoms with E-state index in [4.69, 9.17) is 0 Å². The number of carbonyl (C=O) groups is 2. The van der Waals surface area contributed by atoms with Crippen molar-refractivity contribution in [2.45, 2.75) is 16.7 Å². The highest BCUT2D eigenvalue weighted by molar-refractivity contribution is 8.08. The van der Waals surface area contributed by atoms with E-state index in [-0.39, 0.29) is 11.6 Å². The van der Waals surface area contributed by atoms with Gasteiger partial charge in [-0.1, -0.05) is 83.7 Å². The lowest BCUT2D eigenvalue weighted by atomic mass is 9.94. The first-order chi connectivity index (χ1) is 13.1. The molecule has 0 atom stereocenters. The fourth-order valence-electron chi connectivity index (χ4n) is 2.85. The molecule has 0 saturated carbocycles.